The third-order valence-corrected chi connectivity index (χ3v) is 7.43. The highest BCUT2D eigenvalue weighted by atomic mass is 16.5. The van der Waals surface area contributed by atoms with Crippen molar-refractivity contribution >= 4 is 16.9 Å². The van der Waals surface area contributed by atoms with Crippen molar-refractivity contribution in [2.75, 3.05) is 20.2 Å². The van der Waals surface area contributed by atoms with Gasteiger partial charge in [-0.15, -0.1) is 0 Å². The first-order valence-electron chi connectivity index (χ1n) is 12.2. The maximum absolute atomic E-state index is 11.7. The Labute approximate surface area is 192 Å². The second kappa shape index (κ2) is 9.78. The Morgan fingerprint density at radius 3 is 2.41 bits per heavy atom. The number of ether oxygens (including phenoxy) is 2. The Morgan fingerprint density at radius 2 is 1.75 bits per heavy atom. The van der Waals surface area contributed by atoms with Gasteiger partial charge in [-0.3, -0.25) is 14.7 Å². The number of nitrogens with zero attached hydrogens (tertiary/aromatic N) is 2. The maximum Gasteiger partial charge on any atom is 0.308 e. The zero-order valence-electron chi connectivity index (χ0n) is 20.1. The molecule has 0 radical (unpaired) electrons. The minimum atomic E-state index is -0.0752. The lowest BCUT2D eigenvalue weighted by atomic mass is 9.72. The molecule has 1 aromatic heterocycles. The average molecular weight is 439 g/mol. The van der Waals surface area contributed by atoms with Crippen molar-refractivity contribution < 1.29 is 14.3 Å². The number of piperidine rings is 1. The minimum absolute atomic E-state index is 0.0442. The van der Waals surface area contributed by atoms with E-state index in [1.165, 1.54) is 20.0 Å². The summed E-state index contributed by atoms with van der Waals surface area (Å²) in [5.41, 5.74) is 2.48. The van der Waals surface area contributed by atoms with Crippen molar-refractivity contribution in [2.45, 2.75) is 71.9 Å². The van der Waals surface area contributed by atoms with Gasteiger partial charge in [0.05, 0.1) is 30.3 Å². The number of rotatable bonds is 5. The number of fused-ring (bicyclic) bond motifs is 1. The zero-order valence-corrected chi connectivity index (χ0v) is 20.1. The van der Waals surface area contributed by atoms with Crippen LogP contribution in [0.1, 0.15) is 65.0 Å². The molecule has 1 aliphatic carbocycles. The van der Waals surface area contributed by atoms with E-state index in [-0.39, 0.29) is 11.9 Å². The van der Waals surface area contributed by atoms with Crippen molar-refractivity contribution in [2.24, 2.45) is 17.3 Å². The van der Waals surface area contributed by atoms with E-state index in [1.54, 1.807) is 0 Å². The number of methoxy groups -OCH3 is 1. The minimum Gasteiger partial charge on any atom is -0.490 e. The van der Waals surface area contributed by atoms with E-state index in [4.69, 9.17) is 14.5 Å². The van der Waals surface area contributed by atoms with Gasteiger partial charge in [0, 0.05) is 11.9 Å². The molecule has 0 spiro atoms. The normalized spacial score (nSPS) is 23.2. The van der Waals surface area contributed by atoms with Gasteiger partial charge in [0.25, 0.3) is 0 Å². The quantitative estimate of drug-likeness (QED) is 0.569. The number of aromatic nitrogens is 1. The summed E-state index contributed by atoms with van der Waals surface area (Å²) in [4.78, 5) is 19.0. The van der Waals surface area contributed by atoms with Gasteiger partial charge in [-0.05, 0) is 87.2 Å². The number of carbonyl (C=O) groups excluding carboxylic acids is 1. The standard InChI is InChI=1S/C27H38N2O3/c1-27(2,3)21-6-9-23(10-7-21)32-24-11-12-25-20(17-24)5-8-22(28-25)18-29-15-13-19(14-16-29)26(30)31-4/h5,8,11-12,17,19,21,23H,6-7,9-10,13-16,18H2,1-4H3/t21-,23-. The predicted molar refractivity (Wildman–Crippen MR) is 128 cm³/mol. The average Bonchev–Trinajstić information content (AvgIpc) is 2.79. The van der Waals surface area contributed by atoms with Crippen LogP contribution in [-0.4, -0.2) is 42.2 Å². The zero-order chi connectivity index (χ0) is 22.7. The Balaban J connectivity index is 1.32. The molecule has 1 aromatic carbocycles. The van der Waals surface area contributed by atoms with Crippen molar-refractivity contribution in [1.82, 2.24) is 9.88 Å². The van der Waals surface area contributed by atoms with Crippen LogP contribution < -0.4 is 4.74 Å². The lowest BCUT2D eigenvalue weighted by molar-refractivity contribution is -0.147. The molecule has 2 fully saturated rings. The fourth-order valence-corrected chi connectivity index (χ4v) is 5.27. The third-order valence-electron chi connectivity index (χ3n) is 7.43. The summed E-state index contributed by atoms with van der Waals surface area (Å²) >= 11 is 0. The van der Waals surface area contributed by atoms with E-state index < -0.39 is 0 Å². The van der Waals surface area contributed by atoms with Gasteiger partial charge < -0.3 is 9.47 Å². The summed E-state index contributed by atoms with van der Waals surface area (Å²) < 4.78 is 11.2. The van der Waals surface area contributed by atoms with Crippen LogP contribution in [0.3, 0.4) is 0 Å². The topological polar surface area (TPSA) is 51.7 Å². The Morgan fingerprint density at radius 1 is 1.03 bits per heavy atom. The molecule has 2 aromatic rings. The lowest BCUT2D eigenvalue weighted by Gasteiger charge is -2.36. The number of hydrogen-bond donors (Lipinski definition) is 0. The van der Waals surface area contributed by atoms with Crippen LogP contribution in [0, 0.1) is 17.3 Å². The lowest BCUT2D eigenvalue weighted by Crippen LogP contribution is -2.36. The fourth-order valence-electron chi connectivity index (χ4n) is 5.27. The van der Waals surface area contributed by atoms with E-state index in [2.05, 4.69) is 56.0 Å². The predicted octanol–water partition coefficient (Wildman–Crippen LogP) is 5.60. The molecule has 174 valence electrons. The largest absolute Gasteiger partial charge is 0.490 e. The summed E-state index contributed by atoms with van der Waals surface area (Å²) in [6.07, 6.45) is 6.84. The molecule has 5 nitrogen and oxygen atoms in total. The monoisotopic (exact) mass is 438 g/mol. The third kappa shape index (κ3) is 5.61. The van der Waals surface area contributed by atoms with Crippen molar-refractivity contribution in [3.63, 3.8) is 0 Å². The molecule has 5 heteroatoms. The molecule has 0 unspecified atom stereocenters. The molecular weight excluding hydrogens is 400 g/mol. The van der Waals surface area contributed by atoms with Gasteiger partial charge in [0.2, 0.25) is 0 Å². The number of benzene rings is 1. The van der Waals surface area contributed by atoms with Gasteiger partial charge in [-0.2, -0.15) is 0 Å². The molecule has 0 atom stereocenters. The molecule has 0 N–H and O–H groups in total. The molecule has 0 amide bonds. The highest BCUT2D eigenvalue weighted by Gasteiger charge is 2.30. The number of likely N-dealkylation sites (tertiary alicyclic amines) is 1. The molecular formula is C27H38N2O3. The SMILES string of the molecule is COC(=O)C1CCN(Cc2ccc3cc(O[C@H]4CC[C@H](C(C)(C)C)CC4)ccc3n2)CC1. The molecule has 1 aliphatic heterocycles. The summed E-state index contributed by atoms with van der Waals surface area (Å²) in [5, 5.41) is 1.12. The van der Waals surface area contributed by atoms with E-state index in [1.807, 2.05) is 0 Å². The van der Waals surface area contributed by atoms with Crippen LogP contribution in [0.25, 0.3) is 10.9 Å². The van der Waals surface area contributed by atoms with E-state index in [0.29, 0.717) is 11.5 Å². The molecule has 2 aliphatic rings. The van der Waals surface area contributed by atoms with E-state index in [9.17, 15) is 4.79 Å². The fraction of sp³-hybridized carbons (Fsp3) is 0.630. The summed E-state index contributed by atoms with van der Waals surface area (Å²) in [7, 11) is 1.47. The van der Waals surface area contributed by atoms with Gasteiger partial charge >= 0.3 is 5.97 Å². The number of hydrogen-bond acceptors (Lipinski definition) is 5. The molecule has 2 heterocycles. The van der Waals surface area contributed by atoms with Gasteiger partial charge in [-0.25, -0.2) is 0 Å². The molecule has 1 saturated heterocycles. The molecule has 32 heavy (non-hydrogen) atoms. The highest BCUT2D eigenvalue weighted by Crippen LogP contribution is 2.39. The second-order valence-corrected chi connectivity index (χ2v) is 10.7. The Kier molecular flexibility index (Phi) is 7.04. The van der Waals surface area contributed by atoms with E-state index in [0.717, 1.165) is 73.6 Å². The van der Waals surface area contributed by atoms with Crippen LogP contribution in [0.4, 0.5) is 0 Å². The van der Waals surface area contributed by atoms with Crippen LogP contribution in [0.5, 0.6) is 5.75 Å². The Bertz CT molecular complexity index is 920. The Hall–Kier alpha value is -2.14. The van der Waals surface area contributed by atoms with Gasteiger partial charge in [0.1, 0.15) is 5.75 Å². The summed E-state index contributed by atoms with van der Waals surface area (Å²) in [6, 6.07) is 10.5. The van der Waals surface area contributed by atoms with Crippen molar-refractivity contribution in [3.8, 4) is 5.75 Å². The van der Waals surface area contributed by atoms with Crippen LogP contribution >= 0.6 is 0 Å². The van der Waals surface area contributed by atoms with Crippen molar-refractivity contribution in [3.05, 3.63) is 36.0 Å². The van der Waals surface area contributed by atoms with Crippen LogP contribution in [0.15, 0.2) is 30.3 Å². The molecule has 0 bridgehead atoms. The smallest absolute Gasteiger partial charge is 0.308 e. The second-order valence-electron chi connectivity index (χ2n) is 10.7. The van der Waals surface area contributed by atoms with Crippen LogP contribution in [0.2, 0.25) is 0 Å². The van der Waals surface area contributed by atoms with Crippen molar-refractivity contribution in [1.29, 1.82) is 0 Å². The van der Waals surface area contributed by atoms with Gasteiger partial charge in [-0.1, -0.05) is 26.8 Å². The van der Waals surface area contributed by atoms with E-state index >= 15 is 0 Å². The number of carbonyl (C=O) groups is 1. The van der Waals surface area contributed by atoms with Crippen LogP contribution in [-0.2, 0) is 16.1 Å². The molecule has 4 rings (SSSR count). The first-order valence-corrected chi connectivity index (χ1v) is 12.2. The first kappa shape index (κ1) is 23.0. The highest BCUT2D eigenvalue weighted by molar-refractivity contribution is 5.80. The first-order chi connectivity index (χ1) is 15.3. The molecule has 1 saturated carbocycles. The maximum atomic E-state index is 11.7. The summed E-state index contributed by atoms with van der Waals surface area (Å²) in [5.74, 6) is 1.72. The summed E-state index contributed by atoms with van der Waals surface area (Å²) in [6.45, 7) is 9.70. The number of pyridine rings is 1. The number of esters is 1. The van der Waals surface area contributed by atoms with Gasteiger partial charge in [0.15, 0.2) is 0 Å².